The van der Waals surface area contributed by atoms with Crippen molar-refractivity contribution in [1.82, 2.24) is 21.3 Å². The van der Waals surface area contributed by atoms with Crippen molar-refractivity contribution in [1.29, 1.82) is 0 Å². The van der Waals surface area contributed by atoms with Crippen LogP contribution in [-0.2, 0) is 0 Å². The molecule has 2 unspecified atom stereocenters. The molecular formula is C42H34N4. The SMILES string of the molecule is C1=CCNC(C2=CC=C(c3cc(C4=CNC(C5C=CC=CN5)C=C4)cc(-c4ccc5c6c(cccc46)-c4ccccc4-5)c3)CN2)=C1. The van der Waals surface area contributed by atoms with Crippen molar-refractivity contribution in [3.8, 4) is 33.4 Å². The van der Waals surface area contributed by atoms with E-state index in [0.29, 0.717) is 0 Å². The average molecular weight is 595 g/mol. The fourth-order valence-corrected chi connectivity index (χ4v) is 7.30. The lowest BCUT2D eigenvalue weighted by Crippen LogP contribution is -2.43. The number of rotatable bonds is 5. The molecule has 4 nitrogen and oxygen atoms in total. The molecule has 4 heteroatoms. The van der Waals surface area contributed by atoms with Crippen LogP contribution in [0.3, 0.4) is 0 Å². The minimum atomic E-state index is 0.192. The van der Waals surface area contributed by atoms with E-state index in [1.54, 1.807) is 0 Å². The van der Waals surface area contributed by atoms with E-state index >= 15 is 0 Å². The zero-order chi connectivity index (χ0) is 30.5. The summed E-state index contributed by atoms with van der Waals surface area (Å²) in [4.78, 5) is 0. The summed E-state index contributed by atoms with van der Waals surface area (Å²) in [7, 11) is 0. The second-order valence-electron chi connectivity index (χ2n) is 12.3. The summed E-state index contributed by atoms with van der Waals surface area (Å²) < 4.78 is 0. The second kappa shape index (κ2) is 11.0. The van der Waals surface area contributed by atoms with Gasteiger partial charge in [0.1, 0.15) is 0 Å². The highest BCUT2D eigenvalue weighted by molar-refractivity contribution is 6.18. The number of fused-ring (bicyclic) bond motifs is 3. The fourth-order valence-electron chi connectivity index (χ4n) is 7.30. The number of nitrogens with one attached hydrogen (secondary N) is 4. The Hall–Kier alpha value is -5.74. The van der Waals surface area contributed by atoms with E-state index in [2.05, 4.69) is 155 Å². The molecule has 5 aliphatic rings. The molecule has 4 N–H and O–H groups in total. The molecule has 0 bridgehead atoms. The van der Waals surface area contributed by atoms with Crippen LogP contribution in [0.1, 0.15) is 11.1 Å². The highest BCUT2D eigenvalue weighted by Crippen LogP contribution is 2.49. The number of allylic oxidation sites excluding steroid dienone is 8. The Morgan fingerprint density at radius 2 is 1.37 bits per heavy atom. The fraction of sp³-hybridized carbons (Fsp3) is 0.0952. The van der Waals surface area contributed by atoms with E-state index in [9.17, 15) is 0 Å². The Balaban J connectivity index is 1.15. The predicted octanol–water partition coefficient (Wildman–Crippen LogP) is 7.98. The molecule has 4 aromatic rings. The minimum absolute atomic E-state index is 0.192. The van der Waals surface area contributed by atoms with Crippen LogP contribution in [0.4, 0.5) is 0 Å². The molecule has 0 saturated carbocycles. The van der Waals surface area contributed by atoms with Crippen LogP contribution in [0.15, 0.2) is 157 Å². The van der Waals surface area contributed by atoms with Gasteiger partial charge in [0.15, 0.2) is 0 Å². The van der Waals surface area contributed by atoms with E-state index in [0.717, 1.165) is 24.5 Å². The van der Waals surface area contributed by atoms with Gasteiger partial charge < -0.3 is 21.3 Å². The molecule has 0 saturated heterocycles. The van der Waals surface area contributed by atoms with Gasteiger partial charge in [-0.3, -0.25) is 0 Å². The molecule has 4 heterocycles. The van der Waals surface area contributed by atoms with Gasteiger partial charge in [0.25, 0.3) is 0 Å². The molecule has 0 fully saturated rings. The Labute approximate surface area is 269 Å². The second-order valence-corrected chi connectivity index (χ2v) is 12.3. The largest absolute Gasteiger partial charge is 0.382 e. The first-order chi connectivity index (χ1) is 22.8. The molecule has 9 rings (SSSR count). The summed E-state index contributed by atoms with van der Waals surface area (Å²) in [6.45, 7) is 1.62. The van der Waals surface area contributed by atoms with Gasteiger partial charge in [0.2, 0.25) is 0 Å². The smallest absolute Gasteiger partial charge is 0.0680 e. The van der Waals surface area contributed by atoms with E-state index in [4.69, 9.17) is 0 Å². The van der Waals surface area contributed by atoms with Crippen LogP contribution >= 0.6 is 0 Å². The summed E-state index contributed by atoms with van der Waals surface area (Å²) in [6.07, 6.45) is 25.9. The molecule has 0 radical (unpaired) electrons. The van der Waals surface area contributed by atoms with Crippen LogP contribution in [0, 0.1) is 0 Å². The van der Waals surface area contributed by atoms with Gasteiger partial charge >= 0.3 is 0 Å². The van der Waals surface area contributed by atoms with Crippen LogP contribution < -0.4 is 21.3 Å². The van der Waals surface area contributed by atoms with E-state index in [1.807, 2.05) is 12.3 Å². The zero-order valence-corrected chi connectivity index (χ0v) is 25.4. The van der Waals surface area contributed by atoms with Crippen molar-refractivity contribution in [3.05, 3.63) is 168 Å². The molecule has 0 aromatic heterocycles. The molecule has 222 valence electrons. The zero-order valence-electron chi connectivity index (χ0n) is 25.4. The monoisotopic (exact) mass is 594 g/mol. The van der Waals surface area contributed by atoms with Gasteiger partial charge in [-0.25, -0.2) is 0 Å². The number of dihydropyridines is 4. The molecular weight excluding hydrogens is 560 g/mol. The Morgan fingerprint density at radius 1 is 0.587 bits per heavy atom. The summed E-state index contributed by atoms with van der Waals surface area (Å²) >= 11 is 0. The summed E-state index contributed by atoms with van der Waals surface area (Å²) in [5.74, 6) is 0. The normalized spacial score (nSPS) is 20.4. The number of hydrogen-bond donors (Lipinski definition) is 4. The quantitative estimate of drug-likeness (QED) is 0.167. The van der Waals surface area contributed by atoms with Gasteiger partial charge in [-0.15, -0.1) is 0 Å². The molecule has 46 heavy (non-hydrogen) atoms. The van der Waals surface area contributed by atoms with Gasteiger partial charge in [-0.1, -0.05) is 97.1 Å². The van der Waals surface area contributed by atoms with Crippen LogP contribution in [0.2, 0.25) is 0 Å². The van der Waals surface area contributed by atoms with Crippen molar-refractivity contribution in [2.75, 3.05) is 13.1 Å². The third-order valence-electron chi connectivity index (χ3n) is 9.63. The maximum atomic E-state index is 3.67. The van der Waals surface area contributed by atoms with Crippen molar-refractivity contribution in [3.63, 3.8) is 0 Å². The van der Waals surface area contributed by atoms with Crippen LogP contribution in [0.5, 0.6) is 0 Å². The highest BCUT2D eigenvalue weighted by atomic mass is 15.0. The molecule has 4 aliphatic heterocycles. The summed E-state index contributed by atoms with van der Waals surface area (Å²) in [6, 6.07) is 27.7. The first kappa shape index (κ1) is 26.6. The first-order valence-electron chi connectivity index (χ1n) is 16.1. The molecule has 1 aliphatic carbocycles. The van der Waals surface area contributed by atoms with Crippen molar-refractivity contribution in [2.24, 2.45) is 0 Å². The van der Waals surface area contributed by atoms with Crippen molar-refractivity contribution in [2.45, 2.75) is 12.1 Å². The first-order valence-corrected chi connectivity index (χ1v) is 16.1. The van der Waals surface area contributed by atoms with Crippen molar-refractivity contribution < 1.29 is 0 Å². The lowest BCUT2D eigenvalue weighted by atomic mass is 9.88. The Kier molecular flexibility index (Phi) is 6.38. The molecule has 0 amide bonds. The van der Waals surface area contributed by atoms with Gasteiger partial charge in [0.05, 0.1) is 23.5 Å². The summed E-state index contributed by atoms with van der Waals surface area (Å²) in [5.41, 5.74) is 14.9. The third-order valence-corrected chi connectivity index (χ3v) is 9.63. The Bertz CT molecular complexity index is 2140. The van der Waals surface area contributed by atoms with E-state index in [-0.39, 0.29) is 12.1 Å². The van der Waals surface area contributed by atoms with E-state index in [1.165, 1.54) is 66.4 Å². The third kappa shape index (κ3) is 4.53. The molecule has 0 spiro atoms. The van der Waals surface area contributed by atoms with E-state index < -0.39 is 0 Å². The minimum Gasteiger partial charge on any atom is -0.382 e. The highest BCUT2D eigenvalue weighted by Gasteiger charge is 2.23. The molecule has 2 atom stereocenters. The topological polar surface area (TPSA) is 48.1 Å². The molecule has 4 aromatic carbocycles. The lowest BCUT2D eigenvalue weighted by Gasteiger charge is -2.27. The van der Waals surface area contributed by atoms with Crippen LogP contribution in [-0.4, -0.2) is 25.2 Å². The maximum Gasteiger partial charge on any atom is 0.0680 e. The summed E-state index contributed by atoms with van der Waals surface area (Å²) in [5, 5.41) is 16.9. The maximum absolute atomic E-state index is 3.67. The van der Waals surface area contributed by atoms with Gasteiger partial charge in [-0.05, 0) is 109 Å². The lowest BCUT2D eigenvalue weighted by molar-refractivity contribution is 0.560. The van der Waals surface area contributed by atoms with Gasteiger partial charge in [0, 0.05) is 19.3 Å². The standard InChI is InChI=1S/C42H34N4/c1-2-9-34-33(8-1)36-11-7-10-35-32(16-17-37(34)42(35)36)31-23-29(27-14-18-40(45-25-27)38-12-3-5-20-43-38)22-30(24-31)28-15-19-41(46-26-28)39-13-4-6-21-44-39/h1-20,22-25,38,40,43-46H,21,26H2. The van der Waals surface area contributed by atoms with Gasteiger partial charge in [-0.2, -0.15) is 0 Å². The van der Waals surface area contributed by atoms with Crippen LogP contribution in [0.25, 0.3) is 55.3 Å². The number of benzene rings is 4. The Morgan fingerprint density at radius 3 is 2.13 bits per heavy atom. The predicted molar refractivity (Wildman–Crippen MR) is 192 cm³/mol. The number of hydrogen-bond acceptors (Lipinski definition) is 4. The van der Waals surface area contributed by atoms with Crippen molar-refractivity contribution >= 4 is 21.9 Å². The average Bonchev–Trinajstić information content (AvgIpc) is 3.47.